The minimum absolute atomic E-state index is 0.201. The van der Waals surface area contributed by atoms with Gasteiger partial charge in [0.2, 0.25) is 0 Å². The van der Waals surface area contributed by atoms with Gasteiger partial charge in [0.1, 0.15) is 23.8 Å². The van der Waals surface area contributed by atoms with E-state index in [-0.39, 0.29) is 17.8 Å². The van der Waals surface area contributed by atoms with Gasteiger partial charge in [0.25, 0.3) is 5.91 Å². The Kier molecular flexibility index (Phi) is 4.17. The van der Waals surface area contributed by atoms with Crippen molar-refractivity contribution < 1.29 is 13.9 Å². The van der Waals surface area contributed by atoms with E-state index in [0.717, 1.165) is 29.7 Å². The highest BCUT2D eigenvalue weighted by Gasteiger charge is 2.37. The van der Waals surface area contributed by atoms with E-state index < -0.39 is 0 Å². The van der Waals surface area contributed by atoms with E-state index in [4.69, 9.17) is 4.74 Å². The van der Waals surface area contributed by atoms with Crippen molar-refractivity contribution in [2.75, 3.05) is 24.6 Å². The summed E-state index contributed by atoms with van der Waals surface area (Å²) in [5.41, 5.74) is 2.73. The number of benzene rings is 1. The number of piperazine rings is 1. The molecule has 2 unspecified atom stereocenters. The fourth-order valence-electron chi connectivity index (χ4n) is 4.99. The first-order valence-corrected chi connectivity index (χ1v) is 10.7. The third kappa shape index (κ3) is 3.22. The Balaban J connectivity index is 1.17. The minimum Gasteiger partial charge on any atom is -0.491 e. The van der Waals surface area contributed by atoms with E-state index in [0.29, 0.717) is 42.1 Å². The fraction of sp³-hybridized carbons (Fsp3) is 0.391. The number of piperidine rings is 1. The number of pyridine rings is 1. The molecule has 0 spiro atoms. The topological polar surface area (TPSA) is 71.4 Å². The largest absolute Gasteiger partial charge is 0.491 e. The van der Waals surface area contributed by atoms with Crippen LogP contribution < -0.4 is 20.3 Å². The molecule has 31 heavy (non-hydrogen) atoms. The molecule has 3 atom stereocenters. The Labute approximate surface area is 179 Å². The first-order chi connectivity index (χ1) is 15.0. The molecule has 3 aromatic rings. The molecule has 0 radical (unpaired) electrons. The zero-order valence-electron chi connectivity index (χ0n) is 17.3. The summed E-state index contributed by atoms with van der Waals surface area (Å²) in [5, 5.41) is 7.39. The van der Waals surface area contributed by atoms with Crippen molar-refractivity contribution in [1.29, 1.82) is 0 Å². The first-order valence-electron chi connectivity index (χ1n) is 10.7. The van der Waals surface area contributed by atoms with Gasteiger partial charge in [0.05, 0.1) is 17.3 Å². The quantitative estimate of drug-likeness (QED) is 0.677. The monoisotopic (exact) mass is 421 g/mol. The third-order valence-corrected chi connectivity index (χ3v) is 6.60. The first kappa shape index (κ1) is 18.6. The zero-order valence-corrected chi connectivity index (χ0v) is 17.3. The number of aryl methyl sites for hydroxylation is 1. The molecule has 4 aliphatic heterocycles. The second kappa shape index (κ2) is 6.95. The van der Waals surface area contributed by atoms with E-state index in [9.17, 15) is 9.18 Å². The molecule has 1 amide bonds. The number of nitrogens with zero attached hydrogens (tertiary/aromatic N) is 3. The van der Waals surface area contributed by atoms with Gasteiger partial charge >= 0.3 is 0 Å². The summed E-state index contributed by atoms with van der Waals surface area (Å²) in [6.07, 6.45) is 5.20. The molecule has 6 heterocycles. The normalized spacial score (nSPS) is 24.3. The highest BCUT2D eigenvalue weighted by molar-refractivity contribution is 5.97. The molecule has 0 aliphatic carbocycles. The predicted molar refractivity (Wildman–Crippen MR) is 115 cm³/mol. The van der Waals surface area contributed by atoms with Crippen molar-refractivity contribution in [3.05, 3.63) is 53.6 Å². The summed E-state index contributed by atoms with van der Waals surface area (Å²) in [6, 6.07) is 7.84. The van der Waals surface area contributed by atoms with Crippen LogP contribution >= 0.6 is 0 Å². The molecule has 2 aromatic heterocycles. The zero-order chi connectivity index (χ0) is 21.1. The predicted octanol–water partition coefficient (Wildman–Crippen LogP) is 2.00. The standard InChI is InChI=1S/C23H24FN5O2/c1-28-3-2-13-4-15(9-25-22(13)28)23(30)27-18-5-14-6-19(24)20(8-21(14)31-12-18)29-10-16-7-17(11-29)26-16/h2-4,6,8-9,16-18,26H,5,7,10-12H2,1H3,(H,27,30)/t16?,17?,18-/m0/s1. The van der Waals surface area contributed by atoms with Gasteiger partial charge < -0.3 is 24.8 Å². The number of fused-ring (bicyclic) bond motifs is 4. The number of nitrogens with one attached hydrogen (secondary N) is 2. The average molecular weight is 421 g/mol. The Hall–Kier alpha value is -3.13. The third-order valence-electron chi connectivity index (χ3n) is 6.60. The van der Waals surface area contributed by atoms with Crippen LogP contribution in [0, 0.1) is 5.82 Å². The summed E-state index contributed by atoms with van der Waals surface area (Å²) in [4.78, 5) is 19.2. The van der Waals surface area contributed by atoms with Crippen LogP contribution in [0.1, 0.15) is 22.3 Å². The SMILES string of the molecule is Cn1ccc2cc(C(=O)N[C@@H]3COc4cc(N5CC6CC(C5)N6)c(F)cc4C3)cnc21. The Morgan fingerprint density at radius 3 is 2.90 bits per heavy atom. The second-order valence-corrected chi connectivity index (χ2v) is 8.86. The molecule has 160 valence electrons. The number of rotatable bonds is 3. The van der Waals surface area contributed by atoms with Crippen LogP contribution in [0.5, 0.6) is 5.75 Å². The number of aromatic nitrogens is 2. The number of hydrogen-bond acceptors (Lipinski definition) is 5. The van der Waals surface area contributed by atoms with Crippen LogP contribution in [0.15, 0.2) is 36.7 Å². The van der Waals surface area contributed by atoms with E-state index in [2.05, 4.69) is 20.5 Å². The van der Waals surface area contributed by atoms with Gasteiger partial charge in [-0.1, -0.05) is 0 Å². The number of amides is 1. The van der Waals surface area contributed by atoms with Gasteiger partial charge in [-0.25, -0.2) is 9.37 Å². The van der Waals surface area contributed by atoms with Gasteiger partial charge in [-0.3, -0.25) is 4.79 Å². The molecular weight excluding hydrogens is 397 g/mol. The van der Waals surface area contributed by atoms with Crippen LogP contribution in [0.2, 0.25) is 0 Å². The summed E-state index contributed by atoms with van der Waals surface area (Å²) in [6.45, 7) is 2.01. The second-order valence-electron chi connectivity index (χ2n) is 8.86. The lowest BCUT2D eigenvalue weighted by atomic mass is 9.90. The van der Waals surface area contributed by atoms with Crippen LogP contribution in [0.3, 0.4) is 0 Å². The highest BCUT2D eigenvalue weighted by atomic mass is 19.1. The number of halogens is 1. The van der Waals surface area contributed by atoms with Gasteiger partial charge in [-0.15, -0.1) is 0 Å². The molecule has 2 N–H and O–H groups in total. The molecule has 1 aromatic carbocycles. The lowest BCUT2D eigenvalue weighted by Gasteiger charge is -2.49. The van der Waals surface area contributed by atoms with Crippen LogP contribution in [-0.2, 0) is 13.5 Å². The molecule has 0 saturated carbocycles. The van der Waals surface area contributed by atoms with Crippen molar-refractivity contribution in [2.45, 2.75) is 31.0 Å². The van der Waals surface area contributed by atoms with Crippen molar-refractivity contribution in [3.8, 4) is 5.75 Å². The van der Waals surface area contributed by atoms with Crippen LogP contribution in [0.4, 0.5) is 10.1 Å². The van der Waals surface area contributed by atoms with Gasteiger partial charge in [-0.2, -0.15) is 0 Å². The minimum atomic E-state index is -0.227. The summed E-state index contributed by atoms with van der Waals surface area (Å²) >= 11 is 0. The van der Waals surface area contributed by atoms with Crippen molar-refractivity contribution in [3.63, 3.8) is 0 Å². The van der Waals surface area contributed by atoms with Crippen molar-refractivity contribution in [2.24, 2.45) is 7.05 Å². The lowest BCUT2D eigenvalue weighted by molar-refractivity contribution is 0.0915. The molecule has 8 heteroatoms. The number of ether oxygens (including phenoxy) is 1. The number of hydrogen-bond donors (Lipinski definition) is 2. The Morgan fingerprint density at radius 2 is 2.10 bits per heavy atom. The van der Waals surface area contributed by atoms with Crippen molar-refractivity contribution >= 4 is 22.6 Å². The molecule has 3 saturated heterocycles. The van der Waals surface area contributed by atoms with Gasteiger partial charge in [0, 0.05) is 56.1 Å². The van der Waals surface area contributed by atoms with E-state index in [1.54, 1.807) is 12.3 Å². The highest BCUT2D eigenvalue weighted by Crippen LogP contribution is 2.35. The number of anilines is 1. The molecule has 2 bridgehead atoms. The smallest absolute Gasteiger partial charge is 0.253 e. The van der Waals surface area contributed by atoms with Gasteiger partial charge in [-0.05, 0) is 36.6 Å². The van der Waals surface area contributed by atoms with Crippen molar-refractivity contribution in [1.82, 2.24) is 20.2 Å². The maximum absolute atomic E-state index is 14.9. The van der Waals surface area contributed by atoms with Crippen LogP contribution in [-0.4, -0.2) is 53.3 Å². The van der Waals surface area contributed by atoms with Gasteiger partial charge in [0.15, 0.2) is 0 Å². The Bertz CT molecular complexity index is 1180. The molecule has 7 rings (SSSR count). The van der Waals surface area contributed by atoms with E-state index >= 15 is 0 Å². The van der Waals surface area contributed by atoms with E-state index in [1.165, 1.54) is 6.42 Å². The van der Waals surface area contributed by atoms with Crippen LogP contribution in [0.25, 0.3) is 11.0 Å². The maximum Gasteiger partial charge on any atom is 0.253 e. The molecule has 3 fully saturated rings. The summed E-state index contributed by atoms with van der Waals surface area (Å²) < 4.78 is 22.7. The summed E-state index contributed by atoms with van der Waals surface area (Å²) in [5.74, 6) is 0.281. The Morgan fingerprint density at radius 1 is 1.29 bits per heavy atom. The molecular formula is C23H24FN5O2. The molecule has 7 nitrogen and oxygen atoms in total. The molecule has 4 aliphatic rings. The number of carbonyl (C=O) groups excluding carboxylic acids is 1. The fourth-order valence-corrected chi connectivity index (χ4v) is 4.99. The maximum atomic E-state index is 14.9. The lowest BCUT2D eigenvalue weighted by Crippen LogP contribution is -2.67. The average Bonchev–Trinajstić information content (AvgIpc) is 3.13. The summed E-state index contributed by atoms with van der Waals surface area (Å²) in [7, 11) is 1.92. The van der Waals surface area contributed by atoms with E-state index in [1.807, 2.05) is 36.0 Å². The number of carbonyl (C=O) groups is 1.